The first-order valence-corrected chi connectivity index (χ1v) is 7.64. The van der Waals surface area contributed by atoms with Crippen molar-refractivity contribution >= 4 is 21.6 Å². The van der Waals surface area contributed by atoms with Gasteiger partial charge in [0.1, 0.15) is 0 Å². The molecule has 1 aromatic heterocycles. The molecular weight excluding hydrogens is 278 g/mol. The average molecular weight is 294 g/mol. The molecular formula is C10H16ClN3O3S. The smallest absolute Gasteiger partial charge is 0.259 e. The minimum absolute atomic E-state index is 0.0183. The predicted molar refractivity (Wildman–Crippen MR) is 66.8 cm³/mol. The topological polar surface area (TPSA) is 84.2 Å². The van der Waals surface area contributed by atoms with Crippen molar-refractivity contribution in [2.75, 3.05) is 0 Å². The average Bonchev–Trinajstić information content (AvgIpc) is 2.62. The van der Waals surface area contributed by atoms with Crippen molar-refractivity contribution in [2.24, 2.45) is 7.05 Å². The van der Waals surface area contributed by atoms with Crippen LogP contribution in [0.2, 0.25) is 5.02 Å². The Balaban J connectivity index is 2.13. The number of sulfonamides is 1. The number of aryl methyl sites for hydroxylation is 1. The standard InChI is InChI=1S/C10H16ClN3O3S/c1-14-10(9(11)6-12-14)18(16,17)13-7-2-4-8(15)5-3-7/h6-8,13,15H,2-5H2,1H3. The Morgan fingerprint density at radius 2 is 2.06 bits per heavy atom. The molecule has 0 radical (unpaired) electrons. The van der Waals surface area contributed by atoms with Crippen LogP contribution in [0.1, 0.15) is 25.7 Å². The molecule has 0 bridgehead atoms. The third-order valence-electron chi connectivity index (χ3n) is 3.12. The third-order valence-corrected chi connectivity index (χ3v) is 5.14. The monoisotopic (exact) mass is 293 g/mol. The van der Waals surface area contributed by atoms with E-state index >= 15 is 0 Å². The summed E-state index contributed by atoms with van der Waals surface area (Å²) < 4.78 is 28.2. The minimum Gasteiger partial charge on any atom is -0.393 e. The highest BCUT2D eigenvalue weighted by atomic mass is 35.5. The van der Waals surface area contributed by atoms with Gasteiger partial charge in [-0.15, -0.1) is 0 Å². The molecule has 0 atom stereocenters. The van der Waals surface area contributed by atoms with E-state index in [0.717, 1.165) is 0 Å². The molecule has 1 saturated carbocycles. The zero-order chi connectivity index (χ0) is 13.3. The molecule has 1 heterocycles. The molecule has 18 heavy (non-hydrogen) atoms. The van der Waals surface area contributed by atoms with Crippen molar-refractivity contribution in [2.45, 2.75) is 42.9 Å². The van der Waals surface area contributed by atoms with Crippen LogP contribution in [0, 0.1) is 0 Å². The number of nitrogens with one attached hydrogen (secondary N) is 1. The molecule has 2 rings (SSSR count). The Bertz CT molecular complexity index is 501. The van der Waals surface area contributed by atoms with Crippen molar-refractivity contribution in [3.63, 3.8) is 0 Å². The fourth-order valence-electron chi connectivity index (χ4n) is 2.17. The Hall–Kier alpha value is -0.630. The second kappa shape index (κ2) is 5.16. The molecule has 0 spiro atoms. The molecule has 2 N–H and O–H groups in total. The first-order valence-electron chi connectivity index (χ1n) is 5.78. The Kier molecular flexibility index (Phi) is 3.96. The lowest BCUT2D eigenvalue weighted by Gasteiger charge is -2.25. The van der Waals surface area contributed by atoms with Crippen LogP contribution in [0.4, 0.5) is 0 Å². The number of hydrogen-bond donors (Lipinski definition) is 2. The van der Waals surface area contributed by atoms with Crippen LogP contribution in [0.25, 0.3) is 0 Å². The zero-order valence-corrected chi connectivity index (χ0v) is 11.6. The number of hydrogen-bond acceptors (Lipinski definition) is 4. The largest absolute Gasteiger partial charge is 0.393 e. The summed E-state index contributed by atoms with van der Waals surface area (Å²) in [4.78, 5) is 0. The van der Waals surface area contributed by atoms with Gasteiger partial charge in [-0.05, 0) is 25.7 Å². The number of nitrogens with zero attached hydrogens (tertiary/aromatic N) is 2. The normalized spacial score (nSPS) is 25.3. The quantitative estimate of drug-likeness (QED) is 0.857. The highest BCUT2D eigenvalue weighted by molar-refractivity contribution is 7.89. The lowest BCUT2D eigenvalue weighted by atomic mass is 9.94. The van der Waals surface area contributed by atoms with Gasteiger partial charge in [-0.2, -0.15) is 5.10 Å². The van der Waals surface area contributed by atoms with E-state index < -0.39 is 10.0 Å². The molecule has 0 unspecified atom stereocenters. The Morgan fingerprint density at radius 3 is 2.56 bits per heavy atom. The van der Waals surface area contributed by atoms with Gasteiger partial charge in [0.05, 0.1) is 17.3 Å². The van der Waals surface area contributed by atoms with Crippen molar-refractivity contribution in [1.29, 1.82) is 0 Å². The summed E-state index contributed by atoms with van der Waals surface area (Å²) in [6.07, 6.45) is 3.50. The number of rotatable bonds is 3. The molecule has 1 fully saturated rings. The molecule has 1 aromatic rings. The molecule has 0 saturated heterocycles. The summed E-state index contributed by atoms with van der Waals surface area (Å²) in [5.74, 6) is 0. The number of aliphatic hydroxyl groups excluding tert-OH is 1. The molecule has 1 aliphatic rings. The van der Waals surface area contributed by atoms with Gasteiger partial charge in [-0.25, -0.2) is 13.1 Å². The van der Waals surface area contributed by atoms with Gasteiger partial charge in [0.25, 0.3) is 10.0 Å². The van der Waals surface area contributed by atoms with Crippen LogP contribution >= 0.6 is 11.6 Å². The summed E-state index contributed by atoms with van der Waals surface area (Å²) in [5.41, 5.74) is 0. The van der Waals surface area contributed by atoms with E-state index in [-0.39, 0.29) is 22.2 Å². The van der Waals surface area contributed by atoms with Gasteiger partial charge in [0, 0.05) is 13.1 Å². The van der Waals surface area contributed by atoms with E-state index in [1.807, 2.05) is 0 Å². The van der Waals surface area contributed by atoms with Crippen LogP contribution in [0.3, 0.4) is 0 Å². The molecule has 0 aliphatic heterocycles. The zero-order valence-electron chi connectivity index (χ0n) is 10.0. The lowest BCUT2D eigenvalue weighted by molar-refractivity contribution is 0.120. The van der Waals surface area contributed by atoms with E-state index in [2.05, 4.69) is 9.82 Å². The maximum absolute atomic E-state index is 12.2. The molecule has 102 valence electrons. The lowest BCUT2D eigenvalue weighted by Crippen LogP contribution is -2.39. The number of halogens is 1. The van der Waals surface area contributed by atoms with Crippen molar-refractivity contribution < 1.29 is 13.5 Å². The molecule has 8 heteroatoms. The van der Waals surface area contributed by atoms with Crippen molar-refractivity contribution in [1.82, 2.24) is 14.5 Å². The molecule has 6 nitrogen and oxygen atoms in total. The summed E-state index contributed by atoms with van der Waals surface area (Å²) in [6.45, 7) is 0. The van der Waals surface area contributed by atoms with Crippen molar-refractivity contribution in [3.8, 4) is 0 Å². The van der Waals surface area contributed by atoms with Crippen LogP contribution in [-0.2, 0) is 17.1 Å². The van der Waals surface area contributed by atoms with Crippen molar-refractivity contribution in [3.05, 3.63) is 11.2 Å². The third kappa shape index (κ3) is 2.85. The minimum atomic E-state index is -3.66. The van der Waals surface area contributed by atoms with Gasteiger partial charge in [0.15, 0.2) is 5.03 Å². The highest BCUT2D eigenvalue weighted by Crippen LogP contribution is 2.23. The highest BCUT2D eigenvalue weighted by Gasteiger charge is 2.28. The van der Waals surface area contributed by atoms with Gasteiger partial charge < -0.3 is 5.11 Å². The van der Waals surface area contributed by atoms with E-state index in [0.29, 0.717) is 25.7 Å². The molecule has 0 amide bonds. The van der Waals surface area contributed by atoms with Gasteiger partial charge in [0.2, 0.25) is 0 Å². The number of aromatic nitrogens is 2. The Morgan fingerprint density at radius 1 is 1.44 bits per heavy atom. The first kappa shape index (κ1) is 13.8. The van der Waals surface area contributed by atoms with Crippen LogP contribution in [-0.4, -0.2) is 35.5 Å². The molecule has 1 aliphatic carbocycles. The summed E-state index contributed by atoms with van der Waals surface area (Å²) >= 11 is 5.83. The van der Waals surface area contributed by atoms with E-state index in [4.69, 9.17) is 11.6 Å². The maximum Gasteiger partial charge on any atom is 0.259 e. The summed E-state index contributed by atoms with van der Waals surface area (Å²) in [7, 11) is -2.13. The second-order valence-corrected chi connectivity index (χ2v) is 6.58. The van der Waals surface area contributed by atoms with Crippen LogP contribution in [0.5, 0.6) is 0 Å². The maximum atomic E-state index is 12.2. The van der Waals surface area contributed by atoms with E-state index in [9.17, 15) is 13.5 Å². The second-order valence-electron chi connectivity index (χ2n) is 4.55. The van der Waals surface area contributed by atoms with Gasteiger partial charge in [-0.3, -0.25) is 4.68 Å². The van der Waals surface area contributed by atoms with Gasteiger partial charge in [-0.1, -0.05) is 11.6 Å². The Labute approximate surface area is 111 Å². The fraction of sp³-hybridized carbons (Fsp3) is 0.700. The fourth-order valence-corrected chi connectivity index (χ4v) is 4.13. The van der Waals surface area contributed by atoms with Gasteiger partial charge >= 0.3 is 0 Å². The van der Waals surface area contributed by atoms with E-state index in [1.165, 1.54) is 17.9 Å². The molecule has 0 aromatic carbocycles. The summed E-state index contributed by atoms with van der Waals surface area (Å²) in [5, 5.41) is 13.3. The first-order chi connectivity index (χ1) is 8.40. The van der Waals surface area contributed by atoms with E-state index in [1.54, 1.807) is 0 Å². The number of aliphatic hydroxyl groups is 1. The van der Waals surface area contributed by atoms with Crippen LogP contribution < -0.4 is 4.72 Å². The summed E-state index contributed by atoms with van der Waals surface area (Å²) in [6, 6.07) is -0.149. The SMILES string of the molecule is Cn1ncc(Cl)c1S(=O)(=O)NC1CCC(O)CC1. The predicted octanol–water partition coefficient (Wildman–Crippen LogP) is 0.655. The van der Waals surface area contributed by atoms with Crippen LogP contribution in [0.15, 0.2) is 11.2 Å².